The molecule has 0 saturated carbocycles. The number of nitrogens with one attached hydrogen (secondary N) is 1. The first-order chi connectivity index (χ1) is 14.8. The third kappa shape index (κ3) is 3.35. The van der Waals surface area contributed by atoms with Crippen molar-refractivity contribution in [3.05, 3.63) is 66.8 Å². The van der Waals surface area contributed by atoms with Crippen molar-refractivity contribution in [3.63, 3.8) is 0 Å². The number of ether oxygens (including phenoxy) is 1. The van der Waals surface area contributed by atoms with Crippen molar-refractivity contribution in [2.24, 2.45) is 7.05 Å². The first kappa shape index (κ1) is 12.6. The molecule has 0 radical (unpaired) electrons. The molecule has 1 aromatic carbocycles. The smallest absolute Gasteiger partial charge is 0.256 e. The lowest BCUT2D eigenvalue weighted by Gasteiger charge is -2.08. The Morgan fingerprint density at radius 2 is 1.96 bits per heavy atom. The van der Waals surface area contributed by atoms with Crippen LogP contribution in [0.1, 0.15) is 15.8 Å². The lowest BCUT2D eigenvalue weighted by Crippen LogP contribution is -2.12. The van der Waals surface area contributed by atoms with Crippen LogP contribution in [-0.4, -0.2) is 32.5 Å². The maximum atomic E-state index is 12.8. The zero-order chi connectivity index (χ0) is 22.3. The minimum absolute atomic E-state index is 0.189. The van der Waals surface area contributed by atoms with E-state index in [4.69, 9.17) is 10.2 Å². The van der Waals surface area contributed by atoms with Gasteiger partial charge in [0, 0.05) is 29.8 Å². The molecule has 0 aliphatic carbocycles. The number of carbonyl (C=O) groups excluding carboxylic acids is 1. The highest BCUT2D eigenvalue weighted by atomic mass is 16.5. The van der Waals surface area contributed by atoms with Crippen molar-refractivity contribution in [1.29, 1.82) is 0 Å². The Kier molecular flexibility index (Phi) is 3.20. The Morgan fingerprint density at radius 3 is 2.67 bits per heavy atom. The first-order valence-corrected chi connectivity index (χ1v) is 8.00. The summed E-state index contributed by atoms with van der Waals surface area (Å²) in [5, 5.41) is 3.27. The summed E-state index contributed by atoms with van der Waals surface area (Å²) in [6.45, 7) is 0. The summed E-state index contributed by atoms with van der Waals surface area (Å²) >= 11 is 0. The number of nitrogens with zero attached hydrogens (tertiary/aromatic N) is 4. The minimum atomic E-state index is -0.803. The van der Waals surface area contributed by atoms with Gasteiger partial charge >= 0.3 is 0 Å². The Labute approximate surface area is 161 Å². The van der Waals surface area contributed by atoms with Gasteiger partial charge in [0.2, 0.25) is 0 Å². The fourth-order valence-electron chi connectivity index (χ4n) is 2.57. The Morgan fingerprint density at radius 1 is 1.15 bits per heavy atom. The van der Waals surface area contributed by atoms with Crippen LogP contribution in [0.15, 0.2) is 61.2 Å². The van der Waals surface area contributed by atoms with Gasteiger partial charge in [-0.25, -0.2) is 9.97 Å². The predicted octanol–water partition coefficient (Wildman–Crippen LogP) is 3.29. The molecule has 3 aromatic heterocycles. The largest absolute Gasteiger partial charge is 0.497 e. The zero-order valence-corrected chi connectivity index (χ0v) is 14.6. The molecule has 0 aliphatic heterocycles. The quantitative estimate of drug-likeness (QED) is 0.602. The van der Waals surface area contributed by atoms with E-state index in [2.05, 4.69) is 20.3 Å². The van der Waals surface area contributed by atoms with Gasteiger partial charge in [0.25, 0.3) is 5.91 Å². The van der Waals surface area contributed by atoms with E-state index in [1.54, 1.807) is 24.8 Å². The van der Waals surface area contributed by atoms with Crippen LogP contribution in [-0.2, 0) is 7.05 Å². The number of imidazole rings is 1. The van der Waals surface area contributed by atoms with Crippen molar-refractivity contribution in [3.8, 4) is 17.0 Å². The monoisotopic (exact) mass is 363 g/mol. The molecular weight excluding hydrogens is 342 g/mol. The molecule has 0 atom stereocenters. The van der Waals surface area contributed by atoms with Crippen LogP contribution in [0.4, 0.5) is 5.82 Å². The molecule has 7 nitrogen and oxygen atoms in total. The van der Waals surface area contributed by atoms with Crippen molar-refractivity contribution in [2.45, 2.75) is 0 Å². The molecule has 0 aliphatic rings. The van der Waals surface area contributed by atoms with E-state index in [1.807, 2.05) is 17.7 Å². The average molecular weight is 363 g/mol. The summed E-state index contributed by atoms with van der Waals surface area (Å²) < 4.78 is 38.8. The average Bonchev–Trinajstić information content (AvgIpc) is 3.18. The van der Waals surface area contributed by atoms with Gasteiger partial charge < -0.3 is 14.6 Å². The van der Waals surface area contributed by atoms with Crippen molar-refractivity contribution < 1.29 is 15.0 Å². The number of amides is 1. The van der Waals surface area contributed by atoms with E-state index in [9.17, 15) is 4.79 Å². The highest BCUT2D eigenvalue weighted by Crippen LogP contribution is 2.23. The topological polar surface area (TPSA) is 81.9 Å². The van der Waals surface area contributed by atoms with Gasteiger partial charge in [-0.05, 0) is 36.3 Å². The molecule has 0 spiro atoms. The van der Waals surface area contributed by atoms with E-state index in [0.717, 1.165) is 16.6 Å². The van der Waals surface area contributed by atoms with Crippen molar-refractivity contribution >= 4 is 22.6 Å². The summed E-state index contributed by atoms with van der Waals surface area (Å²) in [6.07, 6.45) is 6.62. The number of methoxy groups -OCH3 is 1. The molecule has 3 heterocycles. The van der Waals surface area contributed by atoms with Crippen molar-refractivity contribution in [2.75, 3.05) is 12.4 Å². The summed E-state index contributed by atoms with van der Waals surface area (Å²) in [4.78, 5) is 25.4. The standard InChI is InChI=1S/C20H17N5O2/c1-25-12-21-11-18(25)15-7-14-8-19(23-10-17(14)22-9-15)24-20(26)13-3-5-16(27-2)6-4-13/h3-12H,1-2H3,(H,23,24,26)/i3D,4D,5D,6D. The van der Waals surface area contributed by atoms with Crippen LogP contribution < -0.4 is 10.1 Å². The van der Waals surface area contributed by atoms with Gasteiger partial charge in [-0.3, -0.25) is 9.78 Å². The van der Waals surface area contributed by atoms with E-state index < -0.39 is 30.1 Å². The van der Waals surface area contributed by atoms with Gasteiger partial charge in [-0.2, -0.15) is 0 Å². The number of pyridine rings is 2. The number of fused-ring (bicyclic) bond motifs is 1. The lowest BCUT2D eigenvalue weighted by atomic mass is 10.1. The molecule has 27 heavy (non-hydrogen) atoms. The minimum Gasteiger partial charge on any atom is -0.497 e. The Balaban J connectivity index is 1.70. The fourth-order valence-corrected chi connectivity index (χ4v) is 2.57. The molecule has 4 aromatic rings. The van der Waals surface area contributed by atoms with E-state index >= 15 is 0 Å². The maximum Gasteiger partial charge on any atom is 0.256 e. The second-order valence-corrected chi connectivity index (χ2v) is 5.74. The van der Waals surface area contributed by atoms with Gasteiger partial charge in [0.05, 0.1) is 42.5 Å². The zero-order valence-electron chi connectivity index (χ0n) is 18.6. The number of anilines is 1. The number of rotatable bonds is 4. The third-order valence-corrected chi connectivity index (χ3v) is 3.95. The van der Waals surface area contributed by atoms with E-state index in [-0.39, 0.29) is 17.1 Å². The first-order valence-electron chi connectivity index (χ1n) is 10.00. The van der Waals surface area contributed by atoms with Crippen LogP contribution in [0.25, 0.3) is 22.2 Å². The molecule has 134 valence electrons. The maximum absolute atomic E-state index is 12.8. The lowest BCUT2D eigenvalue weighted by molar-refractivity contribution is 0.102. The molecule has 1 N–H and O–H groups in total. The van der Waals surface area contributed by atoms with E-state index in [0.29, 0.717) is 5.52 Å². The SMILES string of the molecule is [2H]c1c([2H])c(C(=O)Nc2cc3cc(-c4cncn4C)cnc3cn2)c([2H])c([2H])c1OC. The number of aromatic nitrogens is 4. The van der Waals surface area contributed by atoms with Crippen molar-refractivity contribution in [1.82, 2.24) is 19.5 Å². The van der Waals surface area contributed by atoms with Gasteiger partial charge in [-0.15, -0.1) is 0 Å². The summed E-state index contributed by atoms with van der Waals surface area (Å²) in [6, 6.07) is 1.68. The van der Waals surface area contributed by atoms with Gasteiger partial charge in [-0.1, -0.05) is 0 Å². The fraction of sp³-hybridized carbons (Fsp3) is 0.100. The summed E-state index contributed by atoms with van der Waals surface area (Å²) in [5.41, 5.74) is 1.95. The highest BCUT2D eigenvalue weighted by molar-refractivity contribution is 6.04. The predicted molar refractivity (Wildman–Crippen MR) is 103 cm³/mol. The molecule has 0 bridgehead atoms. The molecule has 7 heteroatoms. The second kappa shape index (κ2) is 6.87. The Hall–Kier alpha value is -3.74. The van der Waals surface area contributed by atoms with Crippen LogP contribution in [0.2, 0.25) is 0 Å². The molecule has 0 unspecified atom stereocenters. The molecule has 1 amide bonds. The van der Waals surface area contributed by atoms with Crippen LogP contribution >= 0.6 is 0 Å². The third-order valence-electron chi connectivity index (χ3n) is 3.95. The van der Waals surface area contributed by atoms with Gasteiger partial charge in [0.15, 0.2) is 0 Å². The Bertz CT molecular complexity index is 1310. The van der Waals surface area contributed by atoms with Gasteiger partial charge in [0.1, 0.15) is 11.6 Å². The highest BCUT2D eigenvalue weighted by Gasteiger charge is 2.09. The van der Waals surface area contributed by atoms with Crippen LogP contribution in [0.5, 0.6) is 5.75 Å². The number of aryl methyl sites for hydroxylation is 1. The summed E-state index contributed by atoms with van der Waals surface area (Å²) in [7, 11) is 3.12. The number of carbonyl (C=O) groups is 1. The van der Waals surface area contributed by atoms with Crippen LogP contribution in [0.3, 0.4) is 0 Å². The molecule has 4 rings (SSSR count). The van der Waals surface area contributed by atoms with E-state index in [1.165, 1.54) is 13.3 Å². The number of benzene rings is 1. The second-order valence-electron chi connectivity index (χ2n) is 5.74. The molecule has 0 fully saturated rings. The normalized spacial score (nSPS) is 12.8. The molecule has 0 saturated heterocycles. The van der Waals surface area contributed by atoms with Crippen LogP contribution in [0, 0.1) is 0 Å². The number of hydrogen-bond acceptors (Lipinski definition) is 5. The summed E-state index contributed by atoms with van der Waals surface area (Å²) in [5.74, 6) is -0.833. The number of hydrogen-bond donors (Lipinski definition) is 1. The molecular formula is C20H17N5O2.